The molecule has 1 heterocycles. The monoisotopic (exact) mass is 276 g/mol. The molecule has 0 unspecified atom stereocenters. The van der Waals surface area contributed by atoms with Gasteiger partial charge in [0.05, 0.1) is 13.2 Å². The number of nitrogens with two attached hydrogens (primary N) is 1. The number of benzene rings is 1. The quantitative estimate of drug-likeness (QED) is 0.585. The van der Waals surface area contributed by atoms with Crippen molar-refractivity contribution in [1.29, 1.82) is 0 Å². The molecule has 20 heavy (non-hydrogen) atoms. The lowest BCUT2D eigenvalue weighted by Crippen LogP contribution is -2.08. The normalized spacial score (nSPS) is 10.8. The van der Waals surface area contributed by atoms with Crippen molar-refractivity contribution in [2.75, 3.05) is 32.7 Å². The van der Waals surface area contributed by atoms with Gasteiger partial charge in [0, 0.05) is 31.6 Å². The van der Waals surface area contributed by atoms with Crippen molar-refractivity contribution in [2.24, 2.45) is 0 Å². The van der Waals surface area contributed by atoms with Crippen molar-refractivity contribution in [1.82, 2.24) is 14.8 Å². The zero-order chi connectivity index (χ0) is 14.2. The summed E-state index contributed by atoms with van der Waals surface area (Å²) >= 11 is 0. The number of hydrogen-bond donors (Lipinski definition) is 1. The minimum atomic E-state index is 0.615. The molecule has 0 aliphatic carbocycles. The third-order valence-electron chi connectivity index (χ3n) is 2.78. The van der Waals surface area contributed by atoms with Gasteiger partial charge in [0.15, 0.2) is 5.82 Å². The summed E-state index contributed by atoms with van der Waals surface area (Å²) in [4.78, 5) is 4.28. The molecular weight excluding hydrogens is 256 g/mol. The number of hydrogen-bond acceptors (Lipinski definition) is 5. The van der Waals surface area contributed by atoms with Crippen LogP contribution in [-0.2, 0) is 16.0 Å². The van der Waals surface area contributed by atoms with Crippen LogP contribution in [0.5, 0.6) is 0 Å². The van der Waals surface area contributed by atoms with E-state index in [1.807, 2.05) is 24.3 Å². The van der Waals surface area contributed by atoms with Gasteiger partial charge >= 0.3 is 0 Å². The number of anilines is 1. The second kappa shape index (κ2) is 7.62. The molecule has 2 rings (SSSR count). The van der Waals surface area contributed by atoms with E-state index in [1.54, 1.807) is 18.1 Å². The lowest BCUT2D eigenvalue weighted by Gasteiger charge is -2.03. The van der Waals surface area contributed by atoms with Gasteiger partial charge in [0.25, 0.3) is 0 Å². The Balaban J connectivity index is 1.80. The van der Waals surface area contributed by atoms with Crippen molar-refractivity contribution in [2.45, 2.75) is 13.0 Å². The Hall–Kier alpha value is -1.92. The molecule has 6 nitrogen and oxygen atoms in total. The first kappa shape index (κ1) is 14.5. The van der Waals surface area contributed by atoms with E-state index in [9.17, 15) is 0 Å². The minimum Gasteiger partial charge on any atom is -0.399 e. The van der Waals surface area contributed by atoms with Crippen molar-refractivity contribution >= 4 is 5.69 Å². The first-order valence-electron chi connectivity index (χ1n) is 6.61. The second-order valence-electron chi connectivity index (χ2n) is 4.42. The van der Waals surface area contributed by atoms with Gasteiger partial charge in [0.1, 0.15) is 6.33 Å². The van der Waals surface area contributed by atoms with Gasteiger partial charge in [-0.2, -0.15) is 5.10 Å². The van der Waals surface area contributed by atoms with E-state index in [4.69, 9.17) is 15.2 Å². The third kappa shape index (κ3) is 4.32. The van der Waals surface area contributed by atoms with Crippen LogP contribution < -0.4 is 5.73 Å². The van der Waals surface area contributed by atoms with Crippen LogP contribution in [0.15, 0.2) is 30.6 Å². The van der Waals surface area contributed by atoms with Crippen LogP contribution in [0.2, 0.25) is 0 Å². The molecule has 0 atom stereocenters. The van der Waals surface area contributed by atoms with Crippen LogP contribution in [-0.4, -0.2) is 41.7 Å². The zero-order valence-electron chi connectivity index (χ0n) is 11.7. The highest BCUT2D eigenvalue weighted by Crippen LogP contribution is 2.16. The highest BCUT2D eigenvalue weighted by molar-refractivity contribution is 5.60. The predicted molar refractivity (Wildman–Crippen MR) is 77.2 cm³/mol. The Bertz CT molecular complexity index is 527. The van der Waals surface area contributed by atoms with Crippen LogP contribution in [0.3, 0.4) is 0 Å². The highest BCUT2D eigenvalue weighted by Gasteiger charge is 2.04. The fraction of sp³-hybridized carbons (Fsp3) is 0.429. The maximum Gasteiger partial charge on any atom is 0.181 e. The van der Waals surface area contributed by atoms with Gasteiger partial charge in [-0.3, -0.25) is 4.68 Å². The molecule has 0 aliphatic rings. The van der Waals surface area contributed by atoms with Crippen LogP contribution >= 0.6 is 0 Å². The lowest BCUT2D eigenvalue weighted by molar-refractivity contribution is 0.0961. The Morgan fingerprint density at radius 2 is 2.15 bits per heavy atom. The van der Waals surface area contributed by atoms with E-state index < -0.39 is 0 Å². The lowest BCUT2D eigenvalue weighted by atomic mass is 10.2. The number of rotatable bonds is 8. The van der Waals surface area contributed by atoms with Crippen LogP contribution in [0, 0.1) is 0 Å². The molecule has 0 aliphatic heterocycles. The molecule has 2 aromatic rings. The second-order valence-corrected chi connectivity index (χ2v) is 4.42. The molecule has 1 aromatic carbocycles. The Morgan fingerprint density at radius 3 is 2.95 bits per heavy atom. The summed E-state index contributed by atoms with van der Waals surface area (Å²) in [6.45, 7) is 2.72. The number of aromatic nitrogens is 3. The summed E-state index contributed by atoms with van der Waals surface area (Å²) in [5.41, 5.74) is 7.38. The standard InChI is InChI=1S/C14H20N4O2/c1-19-7-3-8-20-9-6-18-11-16-14(17-18)12-4-2-5-13(15)10-12/h2,4-5,10-11H,3,6-9,15H2,1H3. The molecular formula is C14H20N4O2. The van der Waals surface area contributed by atoms with Gasteiger partial charge in [-0.25, -0.2) is 4.98 Å². The van der Waals surface area contributed by atoms with Crippen molar-refractivity contribution < 1.29 is 9.47 Å². The van der Waals surface area contributed by atoms with Crippen molar-refractivity contribution in [3.8, 4) is 11.4 Å². The minimum absolute atomic E-state index is 0.615. The summed E-state index contributed by atoms with van der Waals surface area (Å²) in [6, 6.07) is 7.54. The summed E-state index contributed by atoms with van der Waals surface area (Å²) in [6.07, 6.45) is 2.61. The summed E-state index contributed by atoms with van der Waals surface area (Å²) < 4.78 is 12.2. The van der Waals surface area contributed by atoms with Gasteiger partial charge in [-0.05, 0) is 18.6 Å². The van der Waals surface area contributed by atoms with Crippen LogP contribution in [0.4, 0.5) is 5.69 Å². The zero-order valence-corrected chi connectivity index (χ0v) is 11.7. The fourth-order valence-corrected chi connectivity index (χ4v) is 1.78. The molecule has 2 N–H and O–H groups in total. The summed E-state index contributed by atoms with van der Waals surface area (Å²) in [5.74, 6) is 0.677. The van der Waals surface area contributed by atoms with Gasteiger partial charge in [-0.1, -0.05) is 12.1 Å². The van der Waals surface area contributed by atoms with E-state index in [0.717, 1.165) is 18.6 Å². The van der Waals surface area contributed by atoms with E-state index in [0.29, 0.717) is 31.3 Å². The Labute approximate surface area is 118 Å². The molecule has 108 valence electrons. The first-order chi connectivity index (χ1) is 9.79. The molecule has 0 amide bonds. The summed E-state index contributed by atoms with van der Waals surface area (Å²) in [5, 5.41) is 4.40. The van der Waals surface area contributed by atoms with Crippen LogP contribution in [0.25, 0.3) is 11.4 Å². The molecule has 0 saturated heterocycles. The van der Waals surface area contributed by atoms with Crippen LogP contribution in [0.1, 0.15) is 6.42 Å². The Morgan fingerprint density at radius 1 is 1.25 bits per heavy atom. The van der Waals surface area contributed by atoms with Gasteiger partial charge in [-0.15, -0.1) is 0 Å². The number of nitrogen functional groups attached to an aromatic ring is 1. The largest absolute Gasteiger partial charge is 0.399 e. The third-order valence-corrected chi connectivity index (χ3v) is 2.78. The van der Waals surface area contributed by atoms with E-state index >= 15 is 0 Å². The SMILES string of the molecule is COCCCOCCn1cnc(-c2cccc(N)c2)n1. The predicted octanol–water partition coefficient (Wildman–Crippen LogP) is 1.58. The van der Waals surface area contributed by atoms with Gasteiger partial charge < -0.3 is 15.2 Å². The van der Waals surface area contributed by atoms with E-state index in [-0.39, 0.29) is 0 Å². The van der Waals surface area contributed by atoms with Crippen molar-refractivity contribution in [3.05, 3.63) is 30.6 Å². The van der Waals surface area contributed by atoms with Gasteiger partial charge in [0.2, 0.25) is 0 Å². The molecule has 0 radical (unpaired) electrons. The fourth-order valence-electron chi connectivity index (χ4n) is 1.78. The highest BCUT2D eigenvalue weighted by atomic mass is 16.5. The molecule has 1 aromatic heterocycles. The number of methoxy groups -OCH3 is 1. The van der Waals surface area contributed by atoms with E-state index in [2.05, 4.69) is 10.1 Å². The number of nitrogens with zero attached hydrogens (tertiary/aromatic N) is 3. The van der Waals surface area contributed by atoms with Crippen molar-refractivity contribution in [3.63, 3.8) is 0 Å². The summed E-state index contributed by atoms with van der Waals surface area (Å²) in [7, 11) is 1.69. The maximum atomic E-state index is 5.75. The maximum absolute atomic E-state index is 5.75. The Kier molecular flexibility index (Phi) is 5.52. The first-order valence-corrected chi connectivity index (χ1v) is 6.61. The number of ether oxygens (including phenoxy) is 2. The molecule has 6 heteroatoms. The molecule has 0 fully saturated rings. The topological polar surface area (TPSA) is 75.2 Å². The smallest absolute Gasteiger partial charge is 0.181 e. The molecule has 0 saturated carbocycles. The average Bonchev–Trinajstić information content (AvgIpc) is 2.91. The molecule has 0 bridgehead atoms. The average molecular weight is 276 g/mol. The molecule has 0 spiro atoms. The van der Waals surface area contributed by atoms with E-state index in [1.165, 1.54) is 0 Å².